The molecule has 2 aromatic rings. The first-order valence-corrected chi connectivity index (χ1v) is 6.09. The number of nitrogen functional groups attached to an aromatic ring is 1. The summed E-state index contributed by atoms with van der Waals surface area (Å²) in [6.07, 6.45) is 3.23. The molecule has 6 heteroatoms. The highest BCUT2D eigenvalue weighted by molar-refractivity contribution is 5.95. The number of carbonyl (C=O) groups is 1. The largest absolute Gasteiger partial charge is 0.465 e. The van der Waals surface area contributed by atoms with Crippen LogP contribution in [0.15, 0.2) is 30.6 Å². The second-order valence-electron chi connectivity index (χ2n) is 4.31. The Morgan fingerprint density at radius 2 is 2.15 bits per heavy atom. The Morgan fingerprint density at radius 3 is 2.80 bits per heavy atom. The molecule has 0 fully saturated rings. The molecule has 0 saturated carbocycles. The van der Waals surface area contributed by atoms with Crippen molar-refractivity contribution in [2.75, 3.05) is 18.2 Å². The topological polar surface area (TPSA) is 90.1 Å². The SMILES string of the molecule is COC(=O)c1cc(NCc2ccc(C)nc2)ncc1N. The van der Waals surface area contributed by atoms with E-state index in [9.17, 15) is 4.79 Å². The highest BCUT2D eigenvalue weighted by atomic mass is 16.5. The zero-order chi connectivity index (χ0) is 14.5. The summed E-state index contributed by atoms with van der Waals surface area (Å²) in [5, 5.41) is 3.11. The number of nitrogens with one attached hydrogen (secondary N) is 1. The van der Waals surface area contributed by atoms with E-state index in [4.69, 9.17) is 5.73 Å². The van der Waals surface area contributed by atoms with Crippen molar-refractivity contribution in [3.8, 4) is 0 Å². The monoisotopic (exact) mass is 272 g/mol. The minimum Gasteiger partial charge on any atom is -0.465 e. The Labute approximate surface area is 117 Å². The fraction of sp³-hybridized carbons (Fsp3) is 0.214. The van der Waals surface area contributed by atoms with Crippen LogP contribution in [0.4, 0.5) is 11.5 Å². The van der Waals surface area contributed by atoms with Crippen molar-refractivity contribution in [3.05, 3.63) is 47.4 Å². The Bertz CT molecular complexity index is 611. The van der Waals surface area contributed by atoms with Crippen LogP contribution in [0.5, 0.6) is 0 Å². The lowest BCUT2D eigenvalue weighted by molar-refractivity contribution is 0.0602. The number of anilines is 2. The summed E-state index contributed by atoms with van der Waals surface area (Å²) in [5.74, 6) is 0.0742. The zero-order valence-electron chi connectivity index (χ0n) is 11.4. The average Bonchev–Trinajstić information content (AvgIpc) is 2.47. The number of aryl methyl sites for hydroxylation is 1. The minimum absolute atomic E-state index is 0.291. The number of hydrogen-bond donors (Lipinski definition) is 2. The lowest BCUT2D eigenvalue weighted by Gasteiger charge is -2.08. The summed E-state index contributed by atoms with van der Waals surface area (Å²) in [6.45, 7) is 2.49. The van der Waals surface area contributed by atoms with E-state index in [2.05, 4.69) is 20.0 Å². The molecule has 0 aliphatic heterocycles. The first-order valence-electron chi connectivity index (χ1n) is 6.09. The molecule has 0 aliphatic carbocycles. The third-order valence-corrected chi connectivity index (χ3v) is 2.79. The van der Waals surface area contributed by atoms with Crippen LogP contribution in [0.3, 0.4) is 0 Å². The van der Waals surface area contributed by atoms with Gasteiger partial charge < -0.3 is 15.8 Å². The van der Waals surface area contributed by atoms with Gasteiger partial charge in [-0.3, -0.25) is 4.98 Å². The Hall–Kier alpha value is -2.63. The van der Waals surface area contributed by atoms with Crippen LogP contribution in [0.1, 0.15) is 21.6 Å². The van der Waals surface area contributed by atoms with Gasteiger partial charge in [0.15, 0.2) is 0 Å². The molecule has 0 bridgehead atoms. The maximum Gasteiger partial charge on any atom is 0.340 e. The molecule has 0 aromatic carbocycles. The van der Waals surface area contributed by atoms with Gasteiger partial charge in [0.1, 0.15) is 5.82 Å². The standard InChI is InChI=1S/C14H16N4O2/c1-9-3-4-10(6-16-9)7-17-13-5-11(14(19)20-2)12(15)8-18-13/h3-6,8H,7,15H2,1-2H3,(H,17,18). The quantitative estimate of drug-likeness (QED) is 0.824. The summed E-state index contributed by atoms with van der Waals surface area (Å²) < 4.78 is 4.66. The molecule has 0 atom stereocenters. The van der Waals surface area contributed by atoms with E-state index < -0.39 is 5.97 Å². The number of rotatable bonds is 4. The first kappa shape index (κ1) is 13.8. The van der Waals surface area contributed by atoms with Crippen LogP contribution < -0.4 is 11.1 Å². The molecule has 0 radical (unpaired) electrons. The van der Waals surface area contributed by atoms with E-state index in [-0.39, 0.29) is 0 Å². The average molecular weight is 272 g/mol. The number of ether oxygens (including phenoxy) is 1. The zero-order valence-corrected chi connectivity index (χ0v) is 11.4. The van der Waals surface area contributed by atoms with Crippen molar-refractivity contribution >= 4 is 17.5 Å². The van der Waals surface area contributed by atoms with Crippen LogP contribution in [-0.2, 0) is 11.3 Å². The van der Waals surface area contributed by atoms with Gasteiger partial charge in [-0.25, -0.2) is 9.78 Å². The number of esters is 1. The Kier molecular flexibility index (Phi) is 4.14. The van der Waals surface area contributed by atoms with Crippen LogP contribution in [-0.4, -0.2) is 23.0 Å². The Balaban J connectivity index is 2.10. The number of hydrogen-bond acceptors (Lipinski definition) is 6. The highest BCUT2D eigenvalue weighted by Gasteiger charge is 2.11. The van der Waals surface area contributed by atoms with Gasteiger partial charge >= 0.3 is 5.97 Å². The van der Waals surface area contributed by atoms with Crippen LogP contribution in [0.2, 0.25) is 0 Å². The van der Waals surface area contributed by atoms with Crippen LogP contribution in [0, 0.1) is 6.92 Å². The van der Waals surface area contributed by atoms with Gasteiger partial charge in [-0.05, 0) is 24.6 Å². The molecule has 2 heterocycles. The van der Waals surface area contributed by atoms with Crippen molar-refractivity contribution in [3.63, 3.8) is 0 Å². The van der Waals surface area contributed by atoms with Crippen molar-refractivity contribution in [1.82, 2.24) is 9.97 Å². The molecule has 0 unspecified atom stereocenters. The van der Waals surface area contributed by atoms with E-state index in [0.29, 0.717) is 23.6 Å². The van der Waals surface area contributed by atoms with E-state index in [1.165, 1.54) is 13.3 Å². The summed E-state index contributed by atoms with van der Waals surface area (Å²) in [7, 11) is 1.31. The van der Waals surface area contributed by atoms with Gasteiger partial charge in [0.25, 0.3) is 0 Å². The fourth-order valence-electron chi connectivity index (χ4n) is 1.64. The molecular weight excluding hydrogens is 256 g/mol. The van der Waals surface area contributed by atoms with Crippen LogP contribution >= 0.6 is 0 Å². The van der Waals surface area contributed by atoms with Crippen LogP contribution in [0.25, 0.3) is 0 Å². The summed E-state index contributed by atoms with van der Waals surface area (Å²) in [6, 6.07) is 5.49. The lowest BCUT2D eigenvalue weighted by atomic mass is 10.2. The van der Waals surface area contributed by atoms with Gasteiger partial charge in [0.2, 0.25) is 0 Å². The van der Waals surface area contributed by atoms with E-state index in [0.717, 1.165) is 11.3 Å². The molecule has 20 heavy (non-hydrogen) atoms. The molecular formula is C14H16N4O2. The molecule has 104 valence electrons. The van der Waals surface area contributed by atoms with Crippen molar-refractivity contribution in [1.29, 1.82) is 0 Å². The number of carbonyl (C=O) groups excluding carboxylic acids is 1. The number of methoxy groups -OCH3 is 1. The number of aromatic nitrogens is 2. The van der Waals surface area contributed by atoms with Gasteiger partial charge in [-0.15, -0.1) is 0 Å². The lowest BCUT2D eigenvalue weighted by Crippen LogP contribution is -2.09. The smallest absolute Gasteiger partial charge is 0.340 e. The molecule has 2 rings (SSSR count). The van der Waals surface area contributed by atoms with Gasteiger partial charge in [-0.2, -0.15) is 0 Å². The second-order valence-corrected chi connectivity index (χ2v) is 4.31. The molecule has 0 aliphatic rings. The maximum absolute atomic E-state index is 11.5. The summed E-state index contributed by atoms with van der Waals surface area (Å²) >= 11 is 0. The van der Waals surface area contributed by atoms with E-state index in [1.807, 2.05) is 19.1 Å². The predicted molar refractivity (Wildman–Crippen MR) is 76.3 cm³/mol. The third-order valence-electron chi connectivity index (χ3n) is 2.79. The minimum atomic E-state index is -0.482. The second kappa shape index (κ2) is 6.01. The summed E-state index contributed by atoms with van der Waals surface area (Å²) in [5.41, 5.74) is 8.27. The molecule has 3 N–H and O–H groups in total. The fourth-order valence-corrected chi connectivity index (χ4v) is 1.64. The van der Waals surface area contributed by atoms with E-state index in [1.54, 1.807) is 12.3 Å². The molecule has 0 spiro atoms. The van der Waals surface area contributed by atoms with Crippen molar-refractivity contribution in [2.24, 2.45) is 0 Å². The highest BCUT2D eigenvalue weighted by Crippen LogP contribution is 2.16. The molecule has 0 amide bonds. The molecule has 6 nitrogen and oxygen atoms in total. The molecule has 0 saturated heterocycles. The maximum atomic E-state index is 11.5. The number of nitrogens with two attached hydrogens (primary N) is 1. The Morgan fingerprint density at radius 1 is 1.35 bits per heavy atom. The van der Waals surface area contributed by atoms with Gasteiger partial charge in [0.05, 0.1) is 24.6 Å². The normalized spacial score (nSPS) is 10.1. The van der Waals surface area contributed by atoms with Gasteiger partial charge in [-0.1, -0.05) is 6.07 Å². The summed E-state index contributed by atoms with van der Waals surface area (Å²) in [4.78, 5) is 19.9. The molecule has 2 aromatic heterocycles. The predicted octanol–water partition coefficient (Wildman–Crippen LogP) is 1.77. The van der Waals surface area contributed by atoms with Crippen molar-refractivity contribution < 1.29 is 9.53 Å². The number of pyridine rings is 2. The third kappa shape index (κ3) is 3.23. The van der Waals surface area contributed by atoms with E-state index >= 15 is 0 Å². The number of nitrogens with zero attached hydrogens (tertiary/aromatic N) is 2. The van der Waals surface area contributed by atoms with Gasteiger partial charge in [0, 0.05) is 18.4 Å². The van der Waals surface area contributed by atoms with Crippen molar-refractivity contribution in [2.45, 2.75) is 13.5 Å². The first-order chi connectivity index (χ1) is 9.60.